The van der Waals surface area contributed by atoms with Gasteiger partial charge in [0.25, 0.3) is 0 Å². The Kier molecular flexibility index (Phi) is 6.21. The number of hydrogen-bond donors (Lipinski definition) is 1. The predicted molar refractivity (Wildman–Crippen MR) is 117 cm³/mol. The fourth-order valence-corrected chi connectivity index (χ4v) is 4.24. The second kappa shape index (κ2) is 9.03. The predicted octanol–water partition coefficient (Wildman–Crippen LogP) is 2.79. The second-order valence-corrected chi connectivity index (χ2v) is 8.26. The fraction of sp³-hybridized carbons (Fsp3) is 0.435. The van der Waals surface area contributed by atoms with Crippen molar-refractivity contribution in [2.24, 2.45) is 0 Å². The van der Waals surface area contributed by atoms with E-state index in [1.165, 1.54) is 11.1 Å². The van der Waals surface area contributed by atoms with Gasteiger partial charge in [0.15, 0.2) is 0 Å². The fourth-order valence-electron chi connectivity index (χ4n) is 4.00. The molecule has 1 N–H and O–H groups in total. The number of benzene rings is 1. The molecule has 1 atom stereocenters. The van der Waals surface area contributed by atoms with Crippen molar-refractivity contribution in [2.45, 2.75) is 45.2 Å². The molecule has 2 heterocycles. The summed E-state index contributed by atoms with van der Waals surface area (Å²) in [4.78, 5) is 22.4. The first-order valence-electron chi connectivity index (χ1n) is 10.2. The van der Waals surface area contributed by atoms with Crippen LogP contribution in [0.4, 0.5) is 5.95 Å². The van der Waals surface area contributed by atoms with Gasteiger partial charge >= 0.3 is 0 Å². The summed E-state index contributed by atoms with van der Waals surface area (Å²) in [6.45, 7) is 5.69. The maximum atomic E-state index is 11.4. The van der Waals surface area contributed by atoms with E-state index in [4.69, 9.17) is 21.3 Å². The Morgan fingerprint density at radius 2 is 2.20 bits per heavy atom. The number of fused-ring (bicyclic) bond motifs is 1. The van der Waals surface area contributed by atoms with Crippen molar-refractivity contribution >= 4 is 24.0 Å². The Bertz CT molecular complexity index is 1010. The number of aromatic nitrogens is 2. The first-order valence-corrected chi connectivity index (χ1v) is 10.6. The van der Waals surface area contributed by atoms with E-state index >= 15 is 0 Å². The molecule has 156 valence electrons. The summed E-state index contributed by atoms with van der Waals surface area (Å²) in [5.74, 6) is 6.76. The quantitative estimate of drug-likeness (QED) is 0.547. The molecule has 7 heteroatoms. The maximum absolute atomic E-state index is 11.4. The summed E-state index contributed by atoms with van der Waals surface area (Å²) < 4.78 is 5.19. The van der Waals surface area contributed by atoms with Crippen molar-refractivity contribution < 1.29 is 9.53 Å². The van der Waals surface area contributed by atoms with Gasteiger partial charge in [0.05, 0.1) is 24.9 Å². The van der Waals surface area contributed by atoms with Gasteiger partial charge in [-0.15, -0.1) is 5.92 Å². The summed E-state index contributed by atoms with van der Waals surface area (Å²) in [5.41, 5.74) is 5.47. The summed E-state index contributed by atoms with van der Waals surface area (Å²) in [6, 6.07) is 4.35. The minimum atomic E-state index is 0.187. The monoisotopic (exact) mass is 424 g/mol. The van der Waals surface area contributed by atoms with Gasteiger partial charge in [-0.25, -0.2) is 9.97 Å². The molecule has 1 saturated heterocycles. The van der Waals surface area contributed by atoms with Crippen LogP contribution in [0.2, 0.25) is 5.02 Å². The highest BCUT2D eigenvalue weighted by Gasteiger charge is 2.26. The van der Waals surface area contributed by atoms with Crippen LogP contribution in [-0.4, -0.2) is 53.1 Å². The molecule has 4 rings (SSSR count). The molecule has 30 heavy (non-hydrogen) atoms. The highest BCUT2D eigenvalue weighted by atomic mass is 35.5. The van der Waals surface area contributed by atoms with Gasteiger partial charge in [0, 0.05) is 35.8 Å². The van der Waals surface area contributed by atoms with Gasteiger partial charge in [-0.1, -0.05) is 17.5 Å². The molecule has 2 aromatic rings. The Hall–Kier alpha value is -2.62. The van der Waals surface area contributed by atoms with Crippen molar-refractivity contribution in [3.05, 3.63) is 51.3 Å². The average molecular weight is 425 g/mol. The lowest BCUT2D eigenvalue weighted by Gasteiger charge is -2.34. The molecule has 0 bridgehead atoms. The van der Waals surface area contributed by atoms with E-state index in [0.29, 0.717) is 32.1 Å². The zero-order valence-electron chi connectivity index (χ0n) is 17.2. The van der Waals surface area contributed by atoms with Gasteiger partial charge in [-0.3, -0.25) is 4.79 Å². The van der Waals surface area contributed by atoms with Crippen molar-refractivity contribution in [3.63, 3.8) is 0 Å². The first-order chi connectivity index (χ1) is 14.6. The number of amides is 1. The normalized spacial score (nSPS) is 17.5. The molecule has 0 saturated carbocycles. The Morgan fingerprint density at radius 1 is 1.37 bits per heavy atom. The largest absolute Gasteiger partial charge is 0.377 e. The first kappa shape index (κ1) is 20.6. The van der Waals surface area contributed by atoms with Gasteiger partial charge in [0.1, 0.15) is 0 Å². The molecule has 1 aliphatic heterocycles. The average Bonchev–Trinajstić information content (AvgIpc) is 3.08. The van der Waals surface area contributed by atoms with Crippen LogP contribution in [0.5, 0.6) is 0 Å². The number of rotatable bonds is 7. The zero-order valence-corrected chi connectivity index (χ0v) is 18.0. The van der Waals surface area contributed by atoms with Crippen LogP contribution in [-0.2, 0) is 28.8 Å². The Labute approximate surface area is 182 Å². The van der Waals surface area contributed by atoms with Gasteiger partial charge in [-0.2, -0.15) is 0 Å². The third kappa shape index (κ3) is 4.43. The minimum Gasteiger partial charge on any atom is -0.377 e. The third-order valence-corrected chi connectivity index (χ3v) is 5.94. The maximum Gasteiger partial charge on any atom is 0.223 e. The summed E-state index contributed by atoms with van der Waals surface area (Å²) in [5, 5.41) is 4.19. The second-order valence-electron chi connectivity index (χ2n) is 7.82. The summed E-state index contributed by atoms with van der Waals surface area (Å²) in [7, 11) is 0. The summed E-state index contributed by atoms with van der Waals surface area (Å²) in [6.07, 6.45) is 5.16. The number of carbonyl (C=O) groups excluding carboxylic acids is 1. The number of aryl methyl sites for hydroxylation is 1. The van der Waals surface area contributed by atoms with Crippen molar-refractivity contribution in [1.29, 1.82) is 0 Å². The number of hydrogen-bond acceptors (Lipinski definition) is 5. The van der Waals surface area contributed by atoms with Crippen LogP contribution >= 0.6 is 11.6 Å². The van der Waals surface area contributed by atoms with E-state index in [9.17, 15) is 4.79 Å². The Balaban J connectivity index is 1.44. The molecule has 1 fully saturated rings. The highest BCUT2D eigenvalue weighted by molar-refractivity contribution is 6.30. The van der Waals surface area contributed by atoms with Crippen molar-refractivity contribution in [3.8, 4) is 11.8 Å². The zero-order chi connectivity index (χ0) is 21.1. The van der Waals surface area contributed by atoms with Crippen molar-refractivity contribution in [2.75, 3.05) is 25.1 Å². The van der Waals surface area contributed by atoms with E-state index in [2.05, 4.69) is 22.1 Å². The van der Waals surface area contributed by atoms with Crippen LogP contribution in [0.1, 0.15) is 34.9 Å². The standard InChI is InChI=1S/C23H25ClN4O2/c1-3-4-16-7-18(24)8-17-9-19(10-21(16)17)26-23-25-11-15(2)22(27-23)5-6-28(14-29)20-12-30-13-20/h7-8,11,14,19-20H,5-6,9-10,12-13H2,1-2H3,(H,25,26,27). The van der Waals surface area contributed by atoms with Crippen LogP contribution in [0.15, 0.2) is 18.3 Å². The number of ether oxygens (including phenoxy) is 1. The molecule has 0 radical (unpaired) electrons. The molecule has 1 amide bonds. The Morgan fingerprint density at radius 3 is 2.90 bits per heavy atom. The molecule has 1 unspecified atom stereocenters. The van der Waals surface area contributed by atoms with E-state index in [1.807, 2.05) is 32.2 Å². The van der Waals surface area contributed by atoms with E-state index in [1.54, 1.807) is 4.90 Å². The molecule has 1 aromatic carbocycles. The number of anilines is 1. The van der Waals surface area contributed by atoms with Crippen LogP contribution in [0.25, 0.3) is 0 Å². The highest BCUT2D eigenvalue weighted by Crippen LogP contribution is 2.30. The van der Waals surface area contributed by atoms with Crippen molar-refractivity contribution in [1.82, 2.24) is 14.9 Å². The number of nitrogens with one attached hydrogen (secondary N) is 1. The molecule has 0 spiro atoms. The summed E-state index contributed by atoms with van der Waals surface area (Å²) >= 11 is 6.27. The number of halogens is 1. The van der Waals surface area contributed by atoms with Gasteiger partial charge in [-0.05, 0) is 55.5 Å². The topological polar surface area (TPSA) is 67.4 Å². The molecular weight excluding hydrogens is 400 g/mol. The van der Waals surface area contributed by atoms with E-state index < -0.39 is 0 Å². The number of nitrogens with zero attached hydrogens (tertiary/aromatic N) is 3. The SMILES string of the molecule is CC#Cc1cc(Cl)cc2c1CC(Nc1ncc(C)c(CCN(C=O)C3COC3)n1)C2. The lowest BCUT2D eigenvalue weighted by Crippen LogP contribution is -2.49. The van der Waals surface area contributed by atoms with E-state index in [0.717, 1.165) is 41.1 Å². The molecule has 1 aromatic heterocycles. The minimum absolute atomic E-state index is 0.187. The number of carbonyl (C=O) groups is 1. The molecule has 1 aliphatic carbocycles. The van der Waals surface area contributed by atoms with Crippen LogP contribution in [0, 0.1) is 18.8 Å². The van der Waals surface area contributed by atoms with Gasteiger partial charge in [0.2, 0.25) is 12.4 Å². The lowest BCUT2D eigenvalue weighted by atomic mass is 10.0. The van der Waals surface area contributed by atoms with Crippen LogP contribution in [0.3, 0.4) is 0 Å². The molecule has 2 aliphatic rings. The lowest BCUT2D eigenvalue weighted by molar-refractivity contribution is -0.131. The smallest absolute Gasteiger partial charge is 0.223 e. The van der Waals surface area contributed by atoms with E-state index in [-0.39, 0.29) is 12.1 Å². The molecule has 6 nitrogen and oxygen atoms in total. The van der Waals surface area contributed by atoms with Gasteiger partial charge < -0.3 is 15.0 Å². The third-order valence-electron chi connectivity index (χ3n) is 5.73. The molecular formula is C23H25ClN4O2. The van der Waals surface area contributed by atoms with Crippen LogP contribution < -0.4 is 5.32 Å².